The maximum Gasteiger partial charge on any atom is 0.507 e. The average molecular weight is 316 g/mol. The molecule has 0 radical (unpaired) electrons. The van der Waals surface area contributed by atoms with E-state index in [1.807, 2.05) is 61.6 Å². The molecule has 0 saturated heterocycles. The Bertz CT molecular complexity index is 564. The van der Waals surface area contributed by atoms with Gasteiger partial charge in [-0.05, 0) is 25.8 Å². The molecule has 0 aliphatic heterocycles. The number of rotatable bonds is 7. The molecule has 0 bridgehead atoms. The minimum atomic E-state index is -1.28. The van der Waals surface area contributed by atoms with E-state index in [1.54, 1.807) is 0 Å². The van der Waals surface area contributed by atoms with Crippen molar-refractivity contribution in [1.29, 1.82) is 0 Å². The number of ether oxygens (including phenoxy) is 2. The van der Waals surface area contributed by atoms with Crippen molar-refractivity contribution in [3.8, 4) is 0 Å². The standard InChI is InChI=1S/C19H24O4/c1-3-15(2)22-14-12-17-11-7-8-13-19(17,23-18(20)21)16-9-5-4-6-10-16/h4-11,13,15,17H,3,12,14H2,1-2H3,(H,20,21). The van der Waals surface area contributed by atoms with Gasteiger partial charge in [0.05, 0.1) is 6.10 Å². The van der Waals surface area contributed by atoms with Crippen LogP contribution in [0.2, 0.25) is 0 Å². The maximum atomic E-state index is 11.3. The fourth-order valence-electron chi connectivity index (χ4n) is 2.81. The molecule has 1 aliphatic carbocycles. The molecule has 124 valence electrons. The number of carbonyl (C=O) groups is 1. The summed E-state index contributed by atoms with van der Waals surface area (Å²) in [5, 5.41) is 9.25. The van der Waals surface area contributed by atoms with Crippen molar-refractivity contribution in [3.63, 3.8) is 0 Å². The molecule has 1 aromatic carbocycles. The lowest BCUT2D eigenvalue weighted by atomic mass is 9.76. The summed E-state index contributed by atoms with van der Waals surface area (Å²) in [6, 6.07) is 9.48. The van der Waals surface area contributed by atoms with Gasteiger partial charge in [0.1, 0.15) is 0 Å². The first-order valence-electron chi connectivity index (χ1n) is 8.03. The fourth-order valence-corrected chi connectivity index (χ4v) is 2.81. The number of hydrogen-bond donors (Lipinski definition) is 1. The van der Waals surface area contributed by atoms with Crippen LogP contribution in [0.1, 0.15) is 32.3 Å². The van der Waals surface area contributed by atoms with Crippen LogP contribution in [0.25, 0.3) is 0 Å². The van der Waals surface area contributed by atoms with E-state index in [2.05, 4.69) is 6.92 Å². The molecule has 0 heterocycles. The Balaban J connectivity index is 2.24. The van der Waals surface area contributed by atoms with Crippen molar-refractivity contribution in [2.24, 2.45) is 5.92 Å². The van der Waals surface area contributed by atoms with E-state index >= 15 is 0 Å². The molecule has 2 rings (SSSR count). The van der Waals surface area contributed by atoms with Crippen molar-refractivity contribution < 1.29 is 19.4 Å². The van der Waals surface area contributed by atoms with E-state index in [0.29, 0.717) is 13.0 Å². The summed E-state index contributed by atoms with van der Waals surface area (Å²) < 4.78 is 11.2. The van der Waals surface area contributed by atoms with Gasteiger partial charge in [-0.15, -0.1) is 0 Å². The predicted molar refractivity (Wildman–Crippen MR) is 89.3 cm³/mol. The highest BCUT2D eigenvalue weighted by molar-refractivity contribution is 5.59. The zero-order valence-electron chi connectivity index (χ0n) is 13.6. The second-order valence-corrected chi connectivity index (χ2v) is 5.76. The molecule has 0 fully saturated rings. The van der Waals surface area contributed by atoms with Crippen LogP contribution < -0.4 is 0 Å². The van der Waals surface area contributed by atoms with Crippen LogP contribution >= 0.6 is 0 Å². The van der Waals surface area contributed by atoms with Gasteiger partial charge in [0.25, 0.3) is 0 Å². The lowest BCUT2D eigenvalue weighted by molar-refractivity contribution is -0.0307. The second-order valence-electron chi connectivity index (χ2n) is 5.76. The molecule has 1 N–H and O–H groups in total. The van der Waals surface area contributed by atoms with E-state index < -0.39 is 11.8 Å². The van der Waals surface area contributed by atoms with Gasteiger partial charge in [-0.2, -0.15) is 0 Å². The van der Waals surface area contributed by atoms with Crippen LogP contribution in [-0.4, -0.2) is 24.0 Å². The Morgan fingerprint density at radius 3 is 2.70 bits per heavy atom. The second kappa shape index (κ2) is 7.97. The lowest BCUT2D eigenvalue weighted by Gasteiger charge is -2.37. The highest BCUT2D eigenvalue weighted by atomic mass is 16.7. The van der Waals surface area contributed by atoms with Crippen LogP contribution in [0.15, 0.2) is 54.6 Å². The summed E-state index contributed by atoms with van der Waals surface area (Å²) in [4.78, 5) is 11.3. The normalized spacial score (nSPS) is 24.3. The average Bonchev–Trinajstić information content (AvgIpc) is 2.56. The molecule has 3 unspecified atom stereocenters. The van der Waals surface area contributed by atoms with Crippen molar-refractivity contribution in [2.45, 2.75) is 38.4 Å². The number of carboxylic acid groups (broad SMARTS) is 1. The summed E-state index contributed by atoms with van der Waals surface area (Å²) in [6.45, 7) is 4.68. The Labute approximate surface area is 137 Å². The Morgan fingerprint density at radius 1 is 1.30 bits per heavy atom. The fraction of sp³-hybridized carbons (Fsp3) is 0.421. The summed E-state index contributed by atoms with van der Waals surface area (Å²) in [5.74, 6) is -0.102. The Kier molecular flexibility index (Phi) is 5.99. The minimum Gasteiger partial charge on any atom is -0.450 e. The van der Waals surface area contributed by atoms with Gasteiger partial charge in [0.2, 0.25) is 0 Å². The molecule has 0 saturated carbocycles. The molecular weight excluding hydrogens is 292 g/mol. The molecule has 1 aromatic rings. The first kappa shape index (κ1) is 17.3. The van der Waals surface area contributed by atoms with E-state index in [-0.39, 0.29) is 12.0 Å². The molecular formula is C19H24O4. The molecule has 1 aliphatic rings. The van der Waals surface area contributed by atoms with Crippen molar-refractivity contribution in [1.82, 2.24) is 0 Å². The third-order valence-corrected chi connectivity index (χ3v) is 4.24. The summed E-state index contributed by atoms with van der Waals surface area (Å²) in [5.41, 5.74) is -0.169. The van der Waals surface area contributed by atoms with Crippen LogP contribution in [0.3, 0.4) is 0 Å². The van der Waals surface area contributed by atoms with E-state index in [4.69, 9.17) is 9.47 Å². The SMILES string of the molecule is CCC(C)OCCC1C=CC=CC1(OC(=O)O)c1ccccc1. The molecule has 0 aromatic heterocycles. The highest BCUT2D eigenvalue weighted by Crippen LogP contribution is 2.40. The predicted octanol–water partition coefficient (Wildman–Crippen LogP) is 4.52. The van der Waals surface area contributed by atoms with Gasteiger partial charge in [-0.3, -0.25) is 0 Å². The topological polar surface area (TPSA) is 55.8 Å². The van der Waals surface area contributed by atoms with Crippen LogP contribution in [0.4, 0.5) is 4.79 Å². The van der Waals surface area contributed by atoms with Gasteiger partial charge >= 0.3 is 6.16 Å². The molecule has 4 heteroatoms. The van der Waals surface area contributed by atoms with Crippen molar-refractivity contribution in [2.75, 3.05) is 6.61 Å². The van der Waals surface area contributed by atoms with Crippen molar-refractivity contribution >= 4 is 6.16 Å². The smallest absolute Gasteiger partial charge is 0.450 e. The molecule has 23 heavy (non-hydrogen) atoms. The third-order valence-electron chi connectivity index (χ3n) is 4.24. The molecule has 0 amide bonds. The quantitative estimate of drug-likeness (QED) is 0.751. The first-order chi connectivity index (χ1) is 11.1. The Hall–Kier alpha value is -2.07. The van der Waals surface area contributed by atoms with Gasteiger partial charge < -0.3 is 14.6 Å². The number of hydrogen-bond acceptors (Lipinski definition) is 3. The van der Waals surface area contributed by atoms with Crippen LogP contribution in [0, 0.1) is 5.92 Å². The summed E-state index contributed by atoms with van der Waals surface area (Å²) in [6.07, 6.45) is 8.15. The van der Waals surface area contributed by atoms with E-state index in [9.17, 15) is 9.90 Å². The molecule has 0 spiro atoms. The van der Waals surface area contributed by atoms with Crippen LogP contribution in [0.5, 0.6) is 0 Å². The highest BCUT2D eigenvalue weighted by Gasteiger charge is 2.41. The largest absolute Gasteiger partial charge is 0.507 e. The van der Waals surface area contributed by atoms with Crippen LogP contribution in [-0.2, 0) is 15.1 Å². The molecule has 3 atom stereocenters. The van der Waals surface area contributed by atoms with E-state index in [1.165, 1.54) is 0 Å². The third kappa shape index (κ3) is 4.23. The zero-order chi connectivity index (χ0) is 16.7. The van der Waals surface area contributed by atoms with Crippen molar-refractivity contribution in [3.05, 3.63) is 60.2 Å². The first-order valence-corrected chi connectivity index (χ1v) is 8.03. The van der Waals surface area contributed by atoms with Gasteiger partial charge in [0, 0.05) is 18.1 Å². The summed E-state index contributed by atoms with van der Waals surface area (Å²) >= 11 is 0. The zero-order valence-corrected chi connectivity index (χ0v) is 13.6. The summed E-state index contributed by atoms with van der Waals surface area (Å²) in [7, 11) is 0. The van der Waals surface area contributed by atoms with E-state index in [0.717, 1.165) is 12.0 Å². The van der Waals surface area contributed by atoms with Gasteiger partial charge in [-0.25, -0.2) is 4.79 Å². The number of allylic oxidation sites excluding steroid dienone is 2. The number of benzene rings is 1. The van der Waals surface area contributed by atoms with Gasteiger partial charge in [0.15, 0.2) is 5.60 Å². The Morgan fingerprint density at radius 2 is 2.04 bits per heavy atom. The maximum absolute atomic E-state index is 11.3. The minimum absolute atomic E-state index is 0.102. The lowest BCUT2D eigenvalue weighted by Crippen LogP contribution is -2.39. The van der Waals surface area contributed by atoms with Gasteiger partial charge in [-0.1, -0.05) is 55.5 Å². The monoisotopic (exact) mass is 316 g/mol. The molecule has 4 nitrogen and oxygen atoms in total.